The van der Waals surface area contributed by atoms with E-state index < -0.39 is 6.04 Å². The SMILES string of the molecule is O=C(NC1CCOc2cccc(F)c21)c1ccc(-c2ccnc3[nH]ccc23)nc1. The molecule has 4 heterocycles. The van der Waals surface area contributed by atoms with Gasteiger partial charge < -0.3 is 15.0 Å². The number of nitrogens with one attached hydrogen (secondary N) is 2. The average Bonchev–Trinajstić information content (AvgIpc) is 3.23. The number of carbonyl (C=O) groups excluding carboxylic acids is 1. The number of H-pyrrole nitrogens is 1. The van der Waals surface area contributed by atoms with Gasteiger partial charge in [0.1, 0.15) is 17.2 Å². The van der Waals surface area contributed by atoms with Crippen LogP contribution in [0.1, 0.15) is 28.4 Å². The second-order valence-corrected chi connectivity index (χ2v) is 6.85. The number of fused-ring (bicyclic) bond motifs is 2. The van der Waals surface area contributed by atoms with Crippen LogP contribution in [0.2, 0.25) is 0 Å². The van der Waals surface area contributed by atoms with Gasteiger partial charge in [0.2, 0.25) is 0 Å². The number of hydrogen-bond donors (Lipinski definition) is 2. The van der Waals surface area contributed by atoms with E-state index in [1.165, 1.54) is 12.3 Å². The number of nitrogens with zero attached hydrogens (tertiary/aromatic N) is 2. The van der Waals surface area contributed by atoms with Gasteiger partial charge in [-0.25, -0.2) is 9.37 Å². The third kappa shape index (κ3) is 3.10. The number of aromatic nitrogens is 3. The summed E-state index contributed by atoms with van der Waals surface area (Å²) in [5, 5.41) is 3.87. The summed E-state index contributed by atoms with van der Waals surface area (Å²) in [7, 11) is 0. The minimum Gasteiger partial charge on any atom is -0.493 e. The molecule has 3 aromatic heterocycles. The second-order valence-electron chi connectivity index (χ2n) is 6.85. The Morgan fingerprint density at radius 1 is 1.17 bits per heavy atom. The zero-order chi connectivity index (χ0) is 19.8. The van der Waals surface area contributed by atoms with Crippen molar-refractivity contribution in [2.75, 3.05) is 6.61 Å². The highest BCUT2D eigenvalue weighted by atomic mass is 19.1. The molecule has 2 N–H and O–H groups in total. The van der Waals surface area contributed by atoms with Crippen molar-refractivity contribution < 1.29 is 13.9 Å². The van der Waals surface area contributed by atoms with Crippen LogP contribution in [0.4, 0.5) is 4.39 Å². The van der Waals surface area contributed by atoms with E-state index in [-0.39, 0.29) is 11.7 Å². The first-order valence-corrected chi connectivity index (χ1v) is 9.31. The first-order chi connectivity index (χ1) is 14.2. The molecule has 0 fully saturated rings. The monoisotopic (exact) mass is 388 g/mol. The maximum absolute atomic E-state index is 14.3. The largest absolute Gasteiger partial charge is 0.493 e. The third-order valence-corrected chi connectivity index (χ3v) is 5.09. The average molecular weight is 388 g/mol. The van der Waals surface area contributed by atoms with Crippen molar-refractivity contribution in [3.8, 4) is 17.0 Å². The van der Waals surface area contributed by atoms with Crippen molar-refractivity contribution in [1.82, 2.24) is 20.3 Å². The van der Waals surface area contributed by atoms with Gasteiger partial charge in [0.15, 0.2) is 0 Å². The molecule has 0 aliphatic carbocycles. The normalized spacial score (nSPS) is 15.6. The summed E-state index contributed by atoms with van der Waals surface area (Å²) >= 11 is 0. The van der Waals surface area contributed by atoms with E-state index in [1.807, 2.05) is 18.3 Å². The number of benzene rings is 1. The molecule has 144 valence electrons. The Kier molecular flexibility index (Phi) is 4.20. The van der Waals surface area contributed by atoms with Crippen molar-refractivity contribution >= 4 is 16.9 Å². The minimum absolute atomic E-state index is 0.299. The van der Waals surface area contributed by atoms with Gasteiger partial charge in [-0.15, -0.1) is 0 Å². The number of halogens is 1. The molecule has 1 aliphatic heterocycles. The molecule has 0 saturated heterocycles. The smallest absolute Gasteiger partial charge is 0.253 e. The molecule has 1 unspecified atom stereocenters. The quantitative estimate of drug-likeness (QED) is 0.556. The molecule has 29 heavy (non-hydrogen) atoms. The number of pyridine rings is 2. The molecule has 1 aliphatic rings. The standard InChI is InChI=1S/C22H17FN4O2/c23-16-2-1-3-19-20(16)18(8-11-29-19)27-22(28)13-4-5-17(26-12-13)14-6-9-24-21-15(14)7-10-25-21/h1-7,9-10,12,18H,8,11H2,(H,24,25)(H,27,28). The predicted molar refractivity (Wildman–Crippen MR) is 106 cm³/mol. The summed E-state index contributed by atoms with van der Waals surface area (Å²) < 4.78 is 19.8. The Bertz CT molecular complexity index is 1200. The van der Waals surface area contributed by atoms with Crippen LogP contribution in [0.5, 0.6) is 5.75 Å². The van der Waals surface area contributed by atoms with Crippen LogP contribution < -0.4 is 10.1 Å². The first kappa shape index (κ1) is 17.4. The lowest BCUT2D eigenvalue weighted by Gasteiger charge is -2.27. The van der Waals surface area contributed by atoms with E-state index in [0.717, 1.165) is 22.3 Å². The summed E-state index contributed by atoms with van der Waals surface area (Å²) in [6, 6.07) is 11.6. The van der Waals surface area contributed by atoms with Gasteiger partial charge in [-0.2, -0.15) is 0 Å². The van der Waals surface area contributed by atoms with Gasteiger partial charge in [-0.1, -0.05) is 6.07 Å². The predicted octanol–water partition coefficient (Wildman–Crippen LogP) is 4.02. The lowest BCUT2D eigenvalue weighted by molar-refractivity contribution is 0.0923. The number of rotatable bonds is 3. The molecule has 0 radical (unpaired) electrons. The van der Waals surface area contributed by atoms with E-state index in [0.29, 0.717) is 29.9 Å². The molecular formula is C22H17FN4O2. The zero-order valence-corrected chi connectivity index (χ0v) is 15.4. The molecule has 0 bridgehead atoms. The lowest BCUT2D eigenvalue weighted by atomic mass is 9.99. The molecule has 6 nitrogen and oxygen atoms in total. The number of amides is 1. The zero-order valence-electron chi connectivity index (χ0n) is 15.4. The van der Waals surface area contributed by atoms with Gasteiger partial charge in [0, 0.05) is 36.0 Å². The Balaban J connectivity index is 1.39. The fourth-order valence-electron chi connectivity index (χ4n) is 3.67. The maximum atomic E-state index is 14.3. The number of carbonyl (C=O) groups is 1. The Labute approximate surface area is 165 Å². The van der Waals surface area contributed by atoms with Crippen LogP contribution >= 0.6 is 0 Å². The van der Waals surface area contributed by atoms with Gasteiger partial charge in [0.05, 0.1) is 29.5 Å². The highest BCUT2D eigenvalue weighted by Gasteiger charge is 2.26. The molecule has 0 spiro atoms. The summed E-state index contributed by atoms with van der Waals surface area (Å²) in [4.78, 5) is 24.5. The number of hydrogen-bond acceptors (Lipinski definition) is 4. The number of aromatic amines is 1. The van der Waals surface area contributed by atoms with Gasteiger partial charge in [0.25, 0.3) is 5.91 Å². The highest BCUT2D eigenvalue weighted by Crippen LogP contribution is 2.34. The van der Waals surface area contributed by atoms with Crippen LogP contribution in [0.3, 0.4) is 0 Å². The van der Waals surface area contributed by atoms with Crippen molar-refractivity contribution in [3.05, 3.63) is 78.0 Å². The third-order valence-electron chi connectivity index (χ3n) is 5.09. The lowest BCUT2D eigenvalue weighted by Crippen LogP contribution is -2.32. The van der Waals surface area contributed by atoms with E-state index in [2.05, 4.69) is 20.3 Å². The fourth-order valence-corrected chi connectivity index (χ4v) is 3.67. The Morgan fingerprint density at radius 3 is 2.97 bits per heavy atom. The molecule has 1 atom stereocenters. The van der Waals surface area contributed by atoms with Gasteiger partial charge in [-0.3, -0.25) is 9.78 Å². The minimum atomic E-state index is -0.438. The van der Waals surface area contributed by atoms with Crippen LogP contribution in [0.15, 0.2) is 61.1 Å². The van der Waals surface area contributed by atoms with Crippen molar-refractivity contribution in [2.24, 2.45) is 0 Å². The molecular weight excluding hydrogens is 371 g/mol. The summed E-state index contributed by atoms with van der Waals surface area (Å²) in [6.45, 7) is 0.424. The molecule has 7 heteroatoms. The second kappa shape index (κ2) is 7.01. The molecule has 1 aromatic carbocycles. The van der Waals surface area contributed by atoms with Crippen molar-refractivity contribution in [3.63, 3.8) is 0 Å². The van der Waals surface area contributed by atoms with Crippen LogP contribution in [0.25, 0.3) is 22.3 Å². The molecule has 5 rings (SSSR count). The first-order valence-electron chi connectivity index (χ1n) is 9.31. The van der Waals surface area contributed by atoms with E-state index >= 15 is 0 Å². The summed E-state index contributed by atoms with van der Waals surface area (Å²) in [6.07, 6.45) is 5.58. The van der Waals surface area contributed by atoms with Gasteiger partial charge >= 0.3 is 0 Å². The van der Waals surface area contributed by atoms with Crippen molar-refractivity contribution in [1.29, 1.82) is 0 Å². The number of ether oxygens (including phenoxy) is 1. The van der Waals surface area contributed by atoms with Crippen LogP contribution in [-0.2, 0) is 0 Å². The van der Waals surface area contributed by atoms with Crippen LogP contribution in [0, 0.1) is 5.82 Å². The maximum Gasteiger partial charge on any atom is 0.253 e. The van der Waals surface area contributed by atoms with E-state index in [1.54, 1.807) is 30.5 Å². The van der Waals surface area contributed by atoms with Crippen molar-refractivity contribution in [2.45, 2.75) is 12.5 Å². The van der Waals surface area contributed by atoms with Gasteiger partial charge in [-0.05, 0) is 36.4 Å². The van der Waals surface area contributed by atoms with E-state index in [4.69, 9.17) is 4.74 Å². The summed E-state index contributed by atoms with van der Waals surface area (Å²) in [5.74, 6) is -0.205. The van der Waals surface area contributed by atoms with Crippen LogP contribution in [-0.4, -0.2) is 27.5 Å². The Hall–Kier alpha value is -3.74. The Morgan fingerprint density at radius 2 is 2.10 bits per heavy atom. The topological polar surface area (TPSA) is 79.9 Å². The fraction of sp³-hybridized carbons (Fsp3) is 0.136. The molecule has 0 saturated carbocycles. The highest BCUT2D eigenvalue weighted by molar-refractivity contribution is 5.95. The molecule has 4 aromatic rings. The summed E-state index contributed by atoms with van der Waals surface area (Å²) in [5.41, 5.74) is 3.27. The molecule has 1 amide bonds. The van der Waals surface area contributed by atoms with E-state index in [9.17, 15) is 9.18 Å².